The van der Waals surface area contributed by atoms with Crippen LogP contribution in [0.25, 0.3) is 0 Å². The second-order valence-electron chi connectivity index (χ2n) is 5.87. The van der Waals surface area contributed by atoms with Gasteiger partial charge in [0.05, 0.1) is 0 Å². The average molecular weight is 288 g/mol. The van der Waals surface area contributed by atoms with Crippen LogP contribution in [0.2, 0.25) is 0 Å². The molecular weight excluding hydrogens is 260 g/mol. The lowest BCUT2D eigenvalue weighted by Gasteiger charge is -2.20. The molecule has 0 saturated carbocycles. The molecule has 1 N–H and O–H groups in total. The maximum absolute atomic E-state index is 12.0. The topological polar surface area (TPSA) is 32.3 Å². The molecule has 0 saturated heterocycles. The number of hydrogen-bond donors (Lipinski definition) is 1. The third-order valence-electron chi connectivity index (χ3n) is 4.53. The molecule has 1 atom stereocenters. The Morgan fingerprint density at radius 3 is 2.67 bits per heavy atom. The lowest BCUT2D eigenvalue weighted by Crippen LogP contribution is -2.33. The van der Waals surface area contributed by atoms with Gasteiger partial charge in [0.15, 0.2) is 0 Å². The summed E-state index contributed by atoms with van der Waals surface area (Å²) in [7, 11) is 0. The highest BCUT2D eigenvalue weighted by Crippen LogP contribution is 2.25. The predicted molar refractivity (Wildman–Crippen MR) is 87.4 cm³/mol. The molecule has 0 spiro atoms. The molecule has 1 amide bonds. The van der Waals surface area contributed by atoms with E-state index in [0.29, 0.717) is 12.5 Å². The van der Waals surface area contributed by atoms with Crippen molar-refractivity contribution in [2.24, 2.45) is 0 Å². The molecule has 1 aromatic rings. The summed E-state index contributed by atoms with van der Waals surface area (Å²) in [5.41, 5.74) is 4.37. The quantitative estimate of drug-likeness (QED) is 0.836. The first kappa shape index (κ1) is 16.0. The van der Waals surface area contributed by atoms with Crippen LogP contribution in [0.5, 0.6) is 0 Å². The predicted octanol–water partition coefficient (Wildman–Crippen LogP) is 3.08. The Labute approximate surface area is 128 Å². The van der Waals surface area contributed by atoms with E-state index < -0.39 is 0 Å². The maximum Gasteiger partial charge on any atom is 0.223 e. The van der Waals surface area contributed by atoms with Crippen molar-refractivity contribution in [3.8, 4) is 0 Å². The number of amides is 1. The Hall–Kier alpha value is -1.35. The van der Waals surface area contributed by atoms with Gasteiger partial charge in [0.2, 0.25) is 5.91 Å². The lowest BCUT2D eigenvalue weighted by molar-refractivity contribution is -0.130. The Balaban J connectivity index is 1.82. The zero-order valence-electron chi connectivity index (χ0n) is 13.6. The van der Waals surface area contributed by atoms with Gasteiger partial charge in [-0.25, -0.2) is 0 Å². The minimum Gasteiger partial charge on any atom is -0.343 e. The number of carbonyl (C=O) groups is 1. The Bertz CT molecular complexity index is 480. The van der Waals surface area contributed by atoms with Crippen LogP contribution in [0.4, 0.5) is 0 Å². The summed E-state index contributed by atoms with van der Waals surface area (Å²) in [6.07, 6.45) is 4.32. The zero-order valence-corrected chi connectivity index (χ0v) is 13.6. The number of aryl methyl sites for hydroxylation is 2. The molecular formula is C18H28N2O. The van der Waals surface area contributed by atoms with Gasteiger partial charge < -0.3 is 10.2 Å². The van der Waals surface area contributed by atoms with Crippen LogP contribution in [0, 0.1) is 0 Å². The van der Waals surface area contributed by atoms with E-state index in [1.807, 2.05) is 18.7 Å². The van der Waals surface area contributed by atoms with E-state index >= 15 is 0 Å². The largest absolute Gasteiger partial charge is 0.343 e. The highest BCUT2D eigenvalue weighted by atomic mass is 16.2. The summed E-state index contributed by atoms with van der Waals surface area (Å²) in [5.74, 6) is 0.244. The number of carbonyl (C=O) groups excluding carboxylic acids is 1. The van der Waals surface area contributed by atoms with E-state index in [-0.39, 0.29) is 5.91 Å². The average Bonchev–Trinajstić information content (AvgIpc) is 2.95. The number of rotatable bonds is 7. The highest BCUT2D eigenvalue weighted by molar-refractivity contribution is 5.76. The minimum atomic E-state index is 0.244. The van der Waals surface area contributed by atoms with Gasteiger partial charge in [-0.3, -0.25) is 4.79 Å². The van der Waals surface area contributed by atoms with Crippen LogP contribution < -0.4 is 5.32 Å². The van der Waals surface area contributed by atoms with Crippen molar-refractivity contribution < 1.29 is 4.79 Å². The molecule has 0 fully saturated rings. The molecule has 0 heterocycles. The normalized spacial score (nSPS) is 14.8. The van der Waals surface area contributed by atoms with Crippen LogP contribution >= 0.6 is 0 Å². The molecule has 3 nitrogen and oxygen atoms in total. The van der Waals surface area contributed by atoms with Crippen molar-refractivity contribution in [2.45, 2.75) is 52.5 Å². The molecule has 1 aliphatic rings. The molecule has 0 bridgehead atoms. The summed E-state index contributed by atoms with van der Waals surface area (Å²) < 4.78 is 0. The summed E-state index contributed by atoms with van der Waals surface area (Å²) >= 11 is 0. The summed E-state index contributed by atoms with van der Waals surface area (Å²) in [5, 5.41) is 3.48. The monoisotopic (exact) mass is 288 g/mol. The SMILES string of the molecule is CCN(CC)C(=O)CCNC(C)c1ccc2c(c1)CCC2. The van der Waals surface area contributed by atoms with Gasteiger partial charge in [-0.2, -0.15) is 0 Å². The minimum absolute atomic E-state index is 0.244. The van der Waals surface area contributed by atoms with Gasteiger partial charge in [0.1, 0.15) is 0 Å². The van der Waals surface area contributed by atoms with Crippen LogP contribution in [0.15, 0.2) is 18.2 Å². The van der Waals surface area contributed by atoms with Gasteiger partial charge >= 0.3 is 0 Å². The first-order chi connectivity index (χ1) is 10.2. The summed E-state index contributed by atoms with van der Waals surface area (Å²) in [6, 6.07) is 7.15. The van der Waals surface area contributed by atoms with Gasteiger partial charge in [-0.1, -0.05) is 18.2 Å². The fraction of sp³-hybridized carbons (Fsp3) is 0.611. The van der Waals surface area contributed by atoms with Crippen molar-refractivity contribution in [1.82, 2.24) is 10.2 Å². The lowest BCUT2D eigenvalue weighted by atomic mass is 10.0. The highest BCUT2D eigenvalue weighted by Gasteiger charge is 2.14. The Morgan fingerprint density at radius 2 is 1.95 bits per heavy atom. The number of nitrogens with zero attached hydrogens (tertiary/aromatic N) is 1. The Morgan fingerprint density at radius 1 is 1.24 bits per heavy atom. The molecule has 2 rings (SSSR count). The van der Waals surface area contributed by atoms with Crippen molar-refractivity contribution >= 4 is 5.91 Å². The molecule has 1 aliphatic carbocycles. The summed E-state index contributed by atoms with van der Waals surface area (Å²) in [6.45, 7) is 8.58. The first-order valence-corrected chi connectivity index (χ1v) is 8.28. The molecule has 3 heteroatoms. The van der Waals surface area contributed by atoms with E-state index in [1.165, 1.54) is 36.0 Å². The number of hydrogen-bond acceptors (Lipinski definition) is 2. The van der Waals surface area contributed by atoms with Crippen molar-refractivity contribution in [1.29, 1.82) is 0 Å². The third kappa shape index (κ3) is 4.07. The molecule has 0 aromatic heterocycles. The van der Waals surface area contributed by atoms with Gasteiger partial charge in [-0.05, 0) is 56.7 Å². The van der Waals surface area contributed by atoms with Crippen LogP contribution in [0.3, 0.4) is 0 Å². The number of nitrogens with one attached hydrogen (secondary N) is 1. The van der Waals surface area contributed by atoms with Crippen molar-refractivity contribution in [3.63, 3.8) is 0 Å². The molecule has 1 aromatic carbocycles. The number of fused-ring (bicyclic) bond motifs is 1. The standard InChI is InChI=1S/C18H28N2O/c1-4-20(5-2)18(21)11-12-19-14(3)16-10-9-15-7-6-8-17(15)13-16/h9-10,13-14,19H,4-8,11-12H2,1-3H3. The molecule has 21 heavy (non-hydrogen) atoms. The van der Waals surface area contributed by atoms with Crippen molar-refractivity contribution in [2.75, 3.05) is 19.6 Å². The van der Waals surface area contributed by atoms with Gasteiger partial charge in [0, 0.05) is 32.1 Å². The molecule has 0 aliphatic heterocycles. The molecule has 116 valence electrons. The maximum atomic E-state index is 12.0. The second kappa shape index (κ2) is 7.60. The van der Waals surface area contributed by atoms with Gasteiger partial charge in [-0.15, -0.1) is 0 Å². The van der Waals surface area contributed by atoms with E-state index in [4.69, 9.17) is 0 Å². The fourth-order valence-electron chi connectivity index (χ4n) is 3.11. The van der Waals surface area contributed by atoms with Crippen molar-refractivity contribution in [3.05, 3.63) is 34.9 Å². The van der Waals surface area contributed by atoms with E-state index in [1.54, 1.807) is 0 Å². The van der Waals surface area contributed by atoms with E-state index in [0.717, 1.165) is 19.6 Å². The second-order valence-corrected chi connectivity index (χ2v) is 5.87. The van der Waals surface area contributed by atoms with E-state index in [9.17, 15) is 4.79 Å². The third-order valence-corrected chi connectivity index (χ3v) is 4.53. The first-order valence-electron chi connectivity index (χ1n) is 8.28. The van der Waals surface area contributed by atoms with Crippen LogP contribution in [0.1, 0.15) is 56.3 Å². The fourth-order valence-corrected chi connectivity index (χ4v) is 3.11. The smallest absolute Gasteiger partial charge is 0.223 e. The van der Waals surface area contributed by atoms with E-state index in [2.05, 4.69) is 30.4 Å². The molecule has 1 unspecified atom stereocenters. The Kier molecular flexibility index (Phi) is 5.80. The van der Waals surface area contributed by atoms with Crippen LogP contribution in [-0.2, 0) is 17.6 Å². The molecule has 0 radical (unpaired) electrons. The van der Waals surface area contributed by atoms with Gasteiger partial charge in [0.25, 0.3) is 0 Å². The summed E-state index contributed by atoms with van der Waals surface area (Å²) in [4.78, 5) is 13.9. The zero-order chi connectivity index (χ0) is 15.2. The van der Waals surface area contributed by atoms with Crippen LogP contribution in [-0.4, -0.2) is 30.4 Å². The number of benzene rings is 1.